The summed E-state index contributed by atoms with van der Waals surface area (Å²) in [4.78, 5) is 1.12. The van der Waals surface area contributed by atoms with Crippen molar-refractivity contribution in [1.82, 2.24) is 0 Å². The fourth-order valence-electron chi connectivity index (χ4n) is 2.59. The Hall–Kier alpha value is 0.140. The van der Waals surface area contributed by atoms with Gasteiger partial charge in [0.25, 0.3) is 0 Å². The molecule has 1 aliphatic rings. The van der Waals surface area contributed by atoms with Gasteiger partial charge >= 0.3 is 0 Å². The van der Waals surface area contributed by atoms with Gasteiger partial charge in [-0.1, -0.05) is 26.2 Å². The van der Waals surface area contributed by atoms with Crippen LogP contribution >= 0.6 is 27.3 Å². The van der Waals surface area contributed by atoms with Gasteiger partial charge in [-0.15, -0.1) is 11.3 Å². The number of halogens is 1. The van der Waals surface area contributed by atoms with E-state index in [4.69, 9.17) is 0 Å². The smallest absolute Gasteiger partial charge is 0.0935 e. The van der Waals surface area contributed by atoms with Crippen LogP contribution in [-0.4, -0.2) is 5.11 Å². The van der Waals surface area contributed by atoms with Crippen LogP contribution in [0.15, 0.2) is 9.85 Å². The van der Waals surface area contributed by atoms with E-state index in [9.17, 15) is 5.11 Å². The molecule has 1 unspecified atom stereocenters. The van der Waals surface area contributed by atoms with E-state index in [2.05, 4.69) is 35.8 Å². The van der Waals surface area contributed by atoms with E-state index >= 15 is 0 Å². The average Bonchev–Trinajstić information content (AvgIpc) is 2.59. The lowest BCUT2D eigenvalue weighted by Crippen LogP contribution is -2.27. The zero-order chi connectivity index (χ0) is 11.8. The molecule has 0 aromatic carbocycles. The SMILES string of the molecule is Cc1cc(C(O)C2(C)CCCCC2)sc1Br. The minimum atomic E-state index is -0.289. The van der Waals surface area contributed by atoms with Gasteiger partial charge in [-0.25, -0.2) is 0 Å². The molecule has 2 rings (SSSR count). The van der Waals surface area contributed by atoms with Gasteiger partial charge in [0.1, 0.15) is 0 Å². The summed E-state index contributed by atoms with van der Waals surface area (Å²) in [5, 5.41) is 10.5. The Morgan fingerprint density at radius 3 is 2.50 bits per heavy atom. The molecule has 1 atom stereocenters. The number of aliphatic hydroxyl groups is 1. The Bertz CT molecular complexity index is 347. The van der Waals surface area contributed by atoms with Crippen LogP contribution in [0.4, 0.5) is 0 Å². The minimum absolute atomic E-state index is 0.0922. The molecule has 0 aliphatic heterocycles. The van der Waals surface area contributed by atoms with Crippen LogP contribution in [0.5, 0.6) is 0 Å². The molecule has 1 aliphatic carbocycles. The first-order valence-electron chi connectivity index (χ1n) is 5.97. The molecule has 1 saturated carbocycles. The Labute approximate surface area is 110 Å². The maximum atomic E-state index is 10.5. The van der Waals surface area contributed by atoms with Crippen molar-refractivity contribution in [2.75, 3.05) is 0 Å². The van der Waals surface area contributed by atoms with Crippen LogP contribution in [0, 0.1) is 12.3 Å². The van der Waals surface area contributed by atoms with Crippen molar-refractivity contribution in [2.45, 2.75) is 52.1 Å². The van der Waals surface area contributed by atoms with Gasteiger partial charge in [0.15, 0.2) is 0 Å². The Morgan fingerprint density at radius 1 is 1.38 bits per heavy atom. The monoisotopic (exact) mass is 302 g/mol. The van der Waals surface area contributed by atoms with Crippen LogP contribution in [0.2, 0.25) is 0 Å². The maximum Gasteiger partial charge on any atom is 0.0935 e. The molecule has 0 spiro atoms. The zero-order valence-corrected chi connectivity index (χ0v) is 12.3. The molecule has 0 bridgehead atoms. The fourth-order valence-corrected chi connectivity index (χ4v) is 4.33. The highest BCUT2D eigenvalue weighted by molar-refractivity contribution is 9.11. The normalized spacial score (nSPS) is 22.0. The summed E-state index contributed by atoms with van der Waals surface area (Å²) in [6, 6.07) is 2.12. The van der Waals surface area contributed by atoms with Crippen molar-refractivity contribution in [3.63, 3.8) is 0 Å². The first kappa shape index (κ1) is 12.6. The van der Waals surface area contributed by atoms with Crippen LogP contribution in [0.25, 0.3) is 0 Å². The largest absolute Gasteiger partial charge is 0.387 e. The summed E-state index contributed by atoms with van der Waals surface area (Å²) in [5.41, 5.74) is 1.33. The van der Waals surface area contributed by atoms with Crippen LogP contribution < -0.4 is 0 Å². The molecular formula is C13H19BrOS. The molecule has 1 aromatic heterocycles. The summed E-state index contributed by atoms with van der Waals surface area (Å²) in [7, 11) is 0. The highest BCUT2D eigenvalue weighted by atomic mass is 79.9. The van der Waals surface area contributed by atoms with Gasteiger partial charge in [-0.2, -0.15) is 0 Å². The molecule has 0 amide bonds. The van der Waals surface area contributed by atoms with Gasteiger partial charge < -0.3 is 5.11 Å². The molecule has 0 radical (unpaired) electrons. The van der Waals surface area contributed by atoms with E-state index in [0.717, 1.165) is 21.5 Å². The van der Waals surface area contributed by atoms with Crippen molar-refractivity contribution in [2.24, 2.45) is 5.41 Å². The number of rotatable bonds is 2. The van der Waals surface area contributed by atoms with E-state index in [1.165, 1.54) is 24.8 Å². The number of aliphatic hydroxyl groups excluding tert-OH is 1. The van der Waals surface area contributed by atoms with Crippen LogP contribution in [0.1, 0.15) is 55.6 Å². The number of hydrogen-bond acceptors (Lipinski definition) is 2. The topological polar surface area (TPSA) is 20.2 Å². The third kappa shape index (κ3) is 2.36. The maximum absolute atomic E-state index is 10.5. The van der Waals surface area contributed by atoms with Gasteiger partial charge in [0.05, 0.1) is 9.89 Å². The summed E-state index contributed by atoms with van der Waals surface area (Å²) in [6.45, 7) is 4.32. The van der Waals surface area contributed by atoms with Crippen molar-refractivity contribution >= 4 is 27.3 Å². The van der Waals surface area contributed by atoms with Crippen LogP contribution in [0.3, 0.4) is 0 Å². The van der Waals surface area contributed by atoms with Gasteiger partial charge in [-0.05, 0) is 52.7 Å². The Balaban J connectivity index is 2.20. The lowest BCUT2D eigenvalue weighted by molar-refractivity contribution is 0.0107. The first-order valence-corrected chi connectivity index (χ1v) is 7.58. The van der Waals surface area contributed by atoms with E-state index in [1.807, 2.05) is 0 Å². The molecule has 1 N–H and O–H groups in total. The quantitative estimate of drug-likeness (QED) is 0.830. The second-order valence-electron chi connectivity index (χ2n) is 5.22. The summed E-state index contributed by atoms with van der Waals surface area (Å²) < 4.78 is 1.15. The van der Waals surface area contributed by atoms with E-state index in [1.54, 1.807) is 11.3 Å². The minimum Gasteiger partial charge on any atom is -0.387 e. The van der Waals surface area contributed by atoms with Crippen molar-refractivity contribution < 1.29 is 5.11 Å². The van der Waals surface area contributed by atoms with E-state index in [0.29, 0.717) is 0 Å². The molecule has 0 saturated heterocycles. The van der Waals surface area contributed by atoms with Crippen molar-refractivity contribution in [3.05, 3.63) is 20.3 Å². The van der Waals surface area contributed by atoms with E-state index < -0.39 is 0 Å². The number of hydrogen-bond donors (Lipinski definition) is 1. The lowest BCUT2D eigenvalue weighted by Gasteiger charge is -2.37. The Morgan fingerprint density at radius 2 is 2.00 bits per heavy atom. The molecule has 16 heavy (non-hydrogen) atoms. The Kier molecular flexibility index (Phi) is 3.77. The zero-order valence-electron chi connectivity index (χ0n) is 9.92. The van der Waals surface area contributed by atoms with Crippen LogP contribution in [-0.2, 0) is 0 Å². The molecule has 1 fully saturated rings. The predicted molar refractivity (Wildman–Crippen MR) is 72.9 cm³/mol. The third-order valence-corrected chi connectivity index (χ3v) is 5.99. The summed E-state index contributed by atoms with van der Waals surface area (Å²) in [6.07, 6.45) is 5.88. The molecule has 1 aromatic rings. The average molecular weight is 303 g/mol. The molecule has 1 heterocycles. The first-order chi connectivity index (χ1) is 7.53. The highest BCUT2D eigenvalue weighted by Gasteiger charge is 2.36. The fraction of sp³-hybridized carbons (Fsp3) is 0.692. The second kappa shape index (κ2) is 4.79. The summed E-state index contributed by atoms with van der Waals surface area (Å²) in [5.74, 6) is 0. The standard InChI is InChI=1S/C13H19BrOS/c1-9-8-10(16-12(9)14)11(15)13(2)6-4-3-5-7-13/h8,11,15H,3-7H2,1-2H3. The van der Waals surface area contributed by atoms with E-state index in [-0.39, 0.29) is 11.5 Å². The number of thiophene rings is 1. The predicted octanol–water partition coefficient (Wildman–Crippen LogP) is 4.82. The van der Waals surface area contributed by atoms with Crippen molar-refractivity contribution in [3.8, 4) is 0 Å². The van der Waals surface area contributed by atoms with Gasteiger partial charge in [0, 0.05) is 4.88 Å². The molecule has 3 heteroatoms. The van der Waals surface area contributed by atoms with Crippen molar-refractivity contribution in [1.29, 1.82) is 0 Å². The molecule has 90 valence electrons. The molecule has 1 nitrogen and oxygen atoms in total. The highest BCUT2D eigenvalue weighted by Crippen LogP contribution is 2.47. The van der Waals surface area contributed by atoms with Gasteiger partial charge in [0.2, 0.25) is 0 Å². The van der Waals surface area contributed by atoms with Gasteiger partial charge in [-0.3, -0.25) is 0 Å². The lowest BCUT2D eigenvalue weighted by atomic mass is 9.71. The third-order valence-electron chi connectivity index (χ3n) is 3.80. The number of aryl methyl sites for hydroxylation is 1. The molecular weight excluding hydrogens is 284 g/mol. The summed E-state index contributed by atoms with van der Waals surface area (Å²) >= 11 is 5.21. The second-order valence-corrected chi connectivity index (χ2v) is 7.62.